The van der Waals surface area contributed by atoms with Crippen LogP contribution in [0.15, 0.2) is 12.1 Å². The molecule has 0 amide bonds. The Bertz CT molecular complexity index is 320. The second-order valence-corrected chi connectivity index (χ2v) is 3.82. The lowest BCUT2D eigenvalue weighted by Crippen LogP contribution is -2.23. The molecule has 0 saturated heterocycles. The van der Waals surface area contributed by atoms with Crippen LogP contribution < -0.4 is 4.90 Å². The fourth-order valence-corrected chi connectivity index (χ4v) is 1.57. The maximum Gasteiger partial charge on any atom is 0.128 e. The monoisotopic (exact) mass is 248 g/mol. The van der Waals surface area contributed by atoms with Gasteiger partial charge in [0.15, 0.2) is 0 Å². The SMILES string of the molecule is COCCN(C)c1ccc(Cl)c(CCl)n1. The average molecular weight is 249 g/mol. The van der Waals surface area contributed by atoms with E-state index in [-0.39, 0.29) is 0 Å². The van der Waals surface area contributed by atoms with Gasteiger partial charge in [-0.25, -0.2) is 4.98 Å². The van der Waals surface area contributed by atoms with E-state index in [4.69, 9.17) is 27.9 Å². The fourth-order valence-electron chi connectivity index (χ4n) is 1.12. The van der Waals surface area contributed by atoms with Crippen LogP contribution in [0, 0.1) is 0 Å². The normalized spacial score (nSPS) is 10.4. The second kappa shape index (κ2) is 6.16. The Morgan fingerprint density at radius 2 is 2.20 bits per heavy atom. The molecule has 0 aromatic carbocycles. The molecule has 84 valence electrons. The first-order valence-electron chi connectivity index (χ1n) is 4.60. The number of likely N-dealkylation sites (N-methyl/N-ethyl adjacent to an activating group) is 1. The number of halogens is 2. The Morgan fingerprint density at radius 1 is 1.47 bits per heavy atom. The predicted octanol–water partition coefficient (Wildman–Crippen LogP) is 2.56. The van der Waals surface area contributed by atoms with Crippen LogP contribution in [0.1, 0.15) is 5.69 Å². The summed E-state index contributed by atoms with van der Waals surface area (Å²) >= 11 is 11.6. The molecule has 15 heavy (non-hydrogen) atoms. The van der Waals surface area contributed by atoms with Crippen LogP contribution in [-0.2, 0) is 10.6 Å². The molecule has 0 spiro atoms. The van der Waals surface area contributed by atoms with Crippen LogP contribution >= 0.6 is 23.2 Å². The van der Waals surface area contributed by atoms with E-state index in [1.54, 1.807) is 7.11 Å². The maximum absolute atomic E-state index is 5.92. The zero-order valence-corrected chi connectivity index (χ0v) is 10.3. The summed E-state index contributed by atoms with van der Waals surface area (Å²) in [5.41, 5.74) is 0.708. The van der Waals surface area contributed by atoms with Gasteiger partial charge in [-0.15, -0.1) is 11.6 Å². The molecule has 1 heterocycles. The molecule has 1 aromatic rings. The van der Waals surface area contributed by atoms with Crippen LogP contribution in [0.3, 0.4) is 0 Å². The van der Waals surface area contributed by atoms with Gasteiger partial charge in [0.25, 0.3) is 0 Å². The van der Waals surface area contributed by atoms with Crippen LogP contribution in [-0.4, -0.2) is 32.3 Å². The minimum Gasteiger partial charge on any atom is -0.383 e. The van der Waals surface area contributed by atoms with Crippen LogP contribution in [0.2, 0.25) is 5.02 Å². The van der Waals surface area contributed by atoms with Gasteiger partial charge in [0.1, 0.15) is 5.82 Å². The molecule has 3 nitrogen and oxygen atoms in total. The Kier molecular flexibility index (Phi) is 5.15. The molecule has 0 radical (unpaired) electrons. The first kappa shape index (κ1) is 12.6. The molecule has 0 unspecified atom stereocenters. The largest absolute Gasteiger partial charge is 0.383 e. The molecule has 0 N–H and O–H groups in total. The number of anilines is 1. The highest BCUT2D eigenvalue weighted by Crippen LogP contribution is 2.19. The Morgan fingerprint density at radius 3 is 2.80 bits per heavy atom. The number of methoxy groups -OCH3 is 1. The van der Waals surface area contributed by atoms with Gasteiger partial charge in [-0.05, 0) is 12.1 Å². The summed E-state index contributed by atoms with van der Waals surface area (Å²) in [5, 5.41) is 0.605. The van der Waals surface area contributed by atoms with Gasteiger partial charge < -0.3 is 9.64 Å². The number of nitrogens with zero attached hydrogens (tertiary/aromatic N) is 2. The minimum absolute atomic E-state index is 0.324. The van der Waals surface area contributed by atoms with Crippen molar-refractivity contribution in [1.82, 2.24) is 4.98 Å². The summed E-state index contributed by atoms with van der Waals surface area (Å²) < 4.78 is 4.99. The van der Waals surface area contributed by atoms with E-state index in [2.05, 4.69) is 4.98 Å². The first-order valence-corrected chi connectivity index (χ1v) is 5.51. The lowest BCUT2D eigenvalue weighted by molar-refractivity contribution is 0.206. The lowest BCUT2D eigenvalue weighted by atomic mass is 10.3. The number of ether oxygens (including phenoxy) is 1. The molecule has 0 fully saturated rings. The van der Waals surface area contributed by atoms with E-state index in [9.17, 15) is 0 Å². The highest BCUT2D eigenvalue weighted by molar-refractivity contribution is 6.32. The molecule has 0 bridgehead atoms. The van der Waals surface area contributed by atoms with Gasteiger partial charge in [-0.1, -0.05) is 11.6 Å². The average Bonchev–Trinajstić information content (AvgIpc) is 2.26. The molecule has 0 aliphatic carbocycles. The van der Waals surface area contributed by atoms with Gasteiger partial charge in [0.05, 0.1) is 23.2 Å². The molecule has 5 heteroatoms. The number of rotatable bonds is 5. The first-order chi connectivity index (χ1) is 7.19. The number of alkyl halides is 1. The molecular weight excluding hydrogens is 235 g/mol. The highest BCUT2D eigenvalue weighted by atomic mass is 35.5. The van der Waals surface area contributed by atoms with E-state index in [1.807, 2.05) is 24.1 Å². The van der Waals surface area contributed by atoms with Crippen molar-refractivity contribution < 1.29 is 4.74 Å². The minimum atomic E-state index is 0.324. The zero-order valence-electron chi connectivity index (χ0n) is 8.83. The van der Waals surface area contributed by atoms with Crippen molar-refractivity contribution in [1.29, 1.82) is 0 Å². The Hall–Kier alpha value is -0.510. The topological polar surface area (TPSA) is 25.4 Å². The predicted molar refractivity (Wildman–Crippen MR) is 64.0 cm³/mol. The van der Waals surface area contributed by atoms with Gasteiger partial charge in [-0.2, -0.15) is 0 Å². The lowest BCUT2D eigenvalue weighted by Gasteiger charge is -2.18. The molecule has 0 aliphatic heterocycles. The third-order valence-corrected chi connectivity index (χ3v) is 2.65. The summed E-state index contributed by atoms with van der Waals surface area (Å²) in [5.74, 6) is 1.18. The summed E-state index contributed by atoms with van der Waals surface area (Å²) in [6.07, 6.45) is 0. The van der Waals surface area contributed by atoms with E-state index in [0.29, 0.717) is 23.2 Å². The van der Waals surface area contributed by atoms with Crippen molar-refractivity contribution in [3.63, 3.8) is 0 Å². The quantitative estimate of drug-likeness (QED) is 0.750. The number of pyridine rings is 1. The summed E-state index contributed by atoms with van der Waals surface area (Å²) in [6.45, 7) is 1.45. The molecule has 1 aromatic heterocycles. The Balaban J connectivity index is 2.76. The van der Waals surface area contributed by atoms with Crippen LogP contribution in [0.5, 0.6) is 0 Å². The summed E-state index contributed by atoms with van der Waals surface area (Å²) in [6, 6.07) is 3.68. The van der Waals surface area contributed by atoms with Crippen LogP contribution in [0.4, 0.5) is 5.82 Å². The molecular formula is C10H14Cl2N2O. The van der Waals surface area contributed by atoms with Crippen molar-refractivity contribution in [2.45, 2.75) is 5.88 Å². The van der Waals surface area contributed by atoms with Crippen LogP contribution in [0.25, 0.3) is 0 Å². The van der Waals surface area contributed by atoms with Crippen molar-refractivity contribution in [3.8, 4) is 0 Å². The smallest absolute Gasteiger partial charge is 0.128 e. The Labute approximate surface area is 100.0 Å². The third kappa shape index (κ3) is 3.52. The van der Waals surface area contributed by atoms with E-state index >= 15 is 0 Å². The van der Waals surface area contributed by atoms with E-state index in [1.165, 1.54) is 0 Å². The fraction of sp³-hybridized carbons (Fsp3) is 0.500. The number of hydrogen-bond donors (Lipinski definition) is 0. The molecule has 1 rings (SSSR count). The molecule has 0 saturated carbocycles. The van der Waals surface area contributed by atoms with Gasteiger partial charge in [-0.3, -0.25) is 0 Å². The zero-order chi connectivity index (χ0) is 11.3. The van der Waals surface area contributed by atoms with E-state index in [0.717, 1.165) is 12.4 Å². The van der Waals surface area contributed by atoms with Crippen molar-refractivity contribution in [2.24, 2.45) is 0 Å². The summed E-state index contributed by atoms with van der Waals surface area (Å²) in [7, 11) is 3.63. The van der Waals surface area contributed by atoms with Crippen molar-refractivity contribution in [2.75, 3.05) is 32.2 Å². The molecule has 0 aliphatic rings. The van der Waals surface area contributed by atoms with Crippen molar-refractivity contribution in [3.05, 3.63) is 22.8 Å². The number of hydrogen-bond acceptors (Lipinski definition) is 3. The van der Waals surface area contributed by atoms with Crippen molar-refractivity contribution >= 4 is 29.0 Å². The second-order valence-electron chi connectivity index (χ2n) is 3.15. The maximum atomic E-state index is 5.92. The van der Waals surface area contributed by atoms with E-state index < -0.39 is 0 Å². The van der Waals surface area contributed by atoms with Gasteiger partial charge >= 0.3 is 0 Å². The van der Waals surface area contributed by atoms with Gasteiger partial charge in [0.2, 0.25) is 0 Å². The van der Waals surface area contributed by atoms with Gasteiger partial charge in [0, 0.05) is 20.7 Å². The molecule has 0 atom stereocenters. The highest BCUT2D eigenvalue weighted by Gasteiger charge is 2.06. The summed E-state index contributed by atoms with van der Waals surface area (Å²) in [4.78, 5) is 6.35. The number of aromatic nitrogens is 1. The third-order valence-electron chi connectivity index (χ3n) is 2.05. The standard InChI is InChI=1S/C10H14Cl2N2O/c1-14(5-6-15-2)10-4-3-8(12)9(7-11)13-10/h3-4H,5-7H2,1-2H3.